The summed E-state index contributed by atoms with van der Waals surface area (Å²) in [6.07, 6.45) is 3.79. The molecule has 2 N–H and O–H groups in total. The predicted octanol–water partition coefficient (Wildman–Crippen LogP) is 5.05. The predicted molar refractivity (Wildman–Crippen MR) is 111 cm³/mol. The first kappa shape index (κ1) is 15.7. The van der Waals surface area contributed by atoms with Crippen molar-refractivity contribution in [1.29, 1.82) is 0 Å². The fourth-order valence-electron chi connectivity index (χ4n) is 7.84. The third kappa shape index (κ3) is 1.45. The maximum atomic E-state index is 6.31. The van der Waals surface area contributed by atoms with Crippen LogP contribution in [0, 0.1) is 28.6 Å². The van der Waals surface area contributed by atoms with Crippen LogP contribution in [0.1, 0.15) is 24.8 Å². The summed E-state index contributed by atoms with van der Waals surface area (Å²) in [5.41, 5.74) is 8.82. The summed E-state index contributed by atoms with van der Waals surface area (Å²) in [4.78, 5) is 2.20. The molecule has 6 atom stereocenters. The Kier molecular flexibility index (Phi) is 2.98. The van der Waals surface area contributed by atoms with E-state index >= 15 is 0 Å². The van der Waals surface area contributed by atoms with Gasteiger partial charge < -0.3 is 5.73 Å². The summed E-state index contributed by atoms with van der Waals surface area (Å²) in [6, 6.07) is 22.1. The molecule has 0 radical (unpaired) electrons. The maximum absolute atomic E-state index is 6.31. The van der Waals surface area contributed by atoms with Crippen molar-refractivity contribution < 1.29 is 0 Å². The third-order valence-electron chi connectivity index (χ3n) is 8.51. The van der Waals surface area contributed by atoms with Crippen LogP contribution in [0.15, 0.2) is 65.6 Å². The number of rotatable bonds is 5. The summed E-state index contributed by atoms with van der Waals surface area (Å²) < 4.78 is 0. The molecule has 2 aromatic carbocycles. The Labute approximate surface area is 164 Å². The minimum Gasteiger partial charge on any atom is -0.393 e. The topological polar surface area (TPSA) is 26.0 Å². The average Bonchev–Trinajstić information content (AvgIpc) is 2.61. The van der Waals surface area contributed by atoms with Gasteiger partial charge in [0.25, 0.3) is 0 Å². The molecule has 26 heavy (non-hydrogen) atoms. The second-order valence-corrected chi connectivity index (χ2v) is 10.4. The molecule has 0 aliphatic heterocycles. The van der Waals surface area contributed by atoms with E-state index in [0.29, 0.717) is 10.8 Å². The van der Waals surface area contributed by atoms with Crippen molar-refractivity contribution in [2.24, 2.45) is 34.3 Å². The maximum Gasteiger partial charge on any atom is 0.0796 e. The number of thiocarbonyl (C=S) groups is 1. The molecule has 4 fully saturated rings. The highest BCUT2D eigenvalue weighted by Crippen LogP contribution is 2.98. The lowest BCUT2D eigenvalue weighted by Gasteiger charge is -2.97. The molecule has 0 heterocycles. The molecule has 4 aliphatic rings. The highest BCUT2D eigenvalue weighted by molar-refractivity contribution is 7.99. The Balaban J connectivity index is 1.29. The summed E-state index contributed by atoms with van der Waals surface area (Å²) in [7, 11) is 0. The van der Waals surface area contributed by atoms with Crippen molar-refractivity contribution in [3.8, 4) is 0 Å². The SMILES string of the molecule is NC(=S)C12CC3C(CSc4ccccc4)C4CC(c5ccccc5)(C1)C342. The van der Waals surface area contributed by atoms with Crippen molar-refractivity contribution >= 4 is 29.0 Å². The van der Waals surface area contributed by atoms with Crippen LogP contribution >= 0.6 is 24.0 Å². The zero-order valence-electron chi connectivity index (χ0n) is 14.7. The van der Waals surface area contributed by atoms with Gasteiger partial charge in [-0.1, -0.05) is 60.7 Å². The Morgan fingerprint density at radius 2 is 1.65 bits per heavy atom. The van der Waals surface area contributed by atoms with Crippen molar-refractivity contribution in [2.75, 3.05) is 5.75 Å². The van der Waals surface area contributed by atoms with Gasteiger partial charge in [0, 0.05) is 21.5 Å². The number of hydrogen-bond donors (Lipinski definition) is 1. The first-order valence-corrected chi connectivity index (χ1v) is 11.1. The van der Waals surface area contributed by atoms with Gasteiger partial charge in [-0.3, -0.25) is 0 Å². The van der Waals surface area contributed by atoms with Crippen LogP contribution in [0.25, 0.3) is 0 Å². The van der Waals surface area contributed by atoms with Gasteiger partial charge in [0.2, 0.25) is 0 Å². The van der Waals surface area contributed by atoms with Gasteiger partial charge >= 0.3 is 0 Å². The zero-order valence-corrected chi connectivity index (χ0v) is 16.4. The molecule has 4 saturated carbocycles. The molecule has 2 aromatic rings. The van der Waals surface area contributed by atoms with Gasteiger partial charge in [0.15, 0.2) is 0 Å². The lowest BCUT2D eigenvalue weighted by molar-refractivity contribution is -0.446. The normalized spacial score (nSPS) is 43.6. The van der Waals surface area contributed by atoms with E-state index in [-0.39, 0.29) is 5.41 Å². The third-order valence-corrected chi connectivity index (χ3v) is 10.1. The van der Waals surface area contributed by atoms with Gasteiger partial charge in [-0.05, 0) is 60.1 Å². The molecular formula is C23H23NS2. The van der Waals surface area contributed by atoms with Crippen molar-refractivity contribution in [3.63, 3.8) is 0 Å². The lowest BCUT2D eigenvalue weighted by Crippen LogP contribution is -2.96. The molecule has 6 unspecified atom stereocenters. The van der Waals surface area contributed by atoms with Crippen molar-refractivity contribution in [3.05, 3.63) is 66.2 Å². The summed E-state index contributed by atoms with van der Waals surface area (Å²) in [5, 5.41) is 0. The molecule has 0 amide bonds. The smallest absolute Gasteiger partial charge is 0.0796 e. The van der Waals surface area contributed by atoms with Gasteiger partial charge in [-0.25, -0.2) is 0 Å². The minimum absolute atomic E-state index is 0.180. The van der Waals surface area contributed by atoms with Gasteiger partial charge in [0.05, 0.1) is 4.99 Å². The quantitative estimate of drug-likeness (QED) is 0.583. The Morgan fingerprint density at radius 3 is 2.31 bits per heavy atom. The molecule has 0 saturated heterocycles. The van der Waals surface area contributed by atoms with E-state index in [0.717, 1.165) is 22.7 Å². The van der Waals surface area contributed by atoms with Crippen molar-refractivity contribution in [1.82, 2.24) is 0 Å². The van der Waals surface area contributed by atoms with Crippen LogP contribution in [-0.2, 0) is 5.41 Å². The highest BCUT2D eigenvalue weighted by Gasteiger charge is 2.96. The summed E-state index contributed by atoms with van der Waals surface area (Å²) in [5.74, 6) is 3.75. The monoisotopic (exact) mass is 377 g/mol. The van der Waals surface area contributed by atoms with Crippen LogP contribution in [0.5, 0.6) is 0 Å². The van der Waals surface area contributed by atoms with E-state index in [4.69, 9.17) is 18.0 Å². The second-order valence-electron chi connectivity index (χ2n) is 8.85. The molecule has 0 aromatic heterocycles. The van der Waals surface area contributed by atoms with Crippen molar-refractivity contribution in [2.45, 2.75) is 29.6 Å². The van der Waals surface area contributed by atoms with E-state index in [2.05, 4.69) is 60.7 Å². The fraction of sp³-hybridized carbons (Fsp3) is 0.435. The molecule has 3 heteroatoms. The van der Waals surface area contributed by atoms with Gasteiger partial charge in [-0.2, -0.15) is 0 Å². The number of benzene rings is 2. The average molecular weight is 378 g/mol. The van der Waals surface area contributed by atoms with E-state index in [1.54, 1.807) is 5.56 Å². The largest absolute Gasteiger partial charge is 0.393 e. The number of nitrogens with two attached hydrogens (primary N) is 1. The van der Waals surface area contributed by atoms with E-state index in [9.17, 15) is 0 Å². The highest BCUT2D eigenvalue weighted by atomic mass is 32.2. The number of hydrogen-bond acceptors (Lipinski definition) is 2. The fourth-order valence-corrected chi connectivity index (χ4v) is 9.36. The van der Waals surface area contributed by atoms with Crippen LogP contribution < -0.4 is 5.73 Å². The molecule has 1 spiro atoms. The first-order valence-electron chi connectivity index (χ1n) is 9.69. The molecular weight excluding hydrogens is 354 g/mol. The standard InChI is InChI=1S/C23H23NS2/c24-20(25)22-12-19-17(13-26-16-9-5-2-6-10-16)18-11-21(14-22,23(18,19)22)15-7-3-1-4-8-15/h1-10,17-19H,11-14H2,(H2,24,25). The van der Waals surface area contributed by atoms with Gasteiger partial charge in [0.1, 0.15) is 0 Å². The molecule has 6 rings (SSSR count). The Bertz CT molecular complexity index is 889. The Morgan fingerprint density at radius 1 is 1.00 bits per heavy atom. The Hall–Kier alpha value is -1.32. The first-order chi connectivity index (χ1) is 12.7. The lowest BCUT2D eigenvalue weighted by atomic mass is 9.06. The molecule has 1 nitrogen and oxygen atoms in total. The second kappa shape index (κ2) is 4.94. The van der Waals surface area contributed by atoms with Crippen LogP contribution in [0.2, 0.25) is 0 Å². The summed E-state index contributed by atoms with van der Waals surface area (Å²) in [6.45, 7) is 0. The minimum atomic E-state index is 0.180. The van der Waals surface area contributed by atoms with Crippen LogP contribution in [-0.4, -0.2) is 10.7 Å². The van der Waals surface area contributed by atoms with Crippen LogP contribution in [0.3, 0.4) is 0 Å². The van der Waals surface area contributed by atoms with E-state index in [1.165, 1.54) is 29.9 Å². The molecule has 132 valence electrons. The summed E-state index contributed by atoms with van der Waals surface area (Å²) >= 11 is 7.63. The van der Waals surface area contributed by atoms with E-state index < -0.39 is 0 Å². The van der Waals surface area contributed by atoms with Crippen LogP contribution in [0.4, 0.5) is 0 Å². The van der Waals surface area contributed by atoms with E-state index in [1.807, 2.05) is 11.8 Å². The zero-order chi connectivity index (χ0) is 17.6. The number of thioether (sulfide) groups is 1. The molecule has 4 aliphatic carbocycles. The van der Waals surface area contributed by atoms with Gasteiger partial charge in [-0.15, -0.1) is 11.8 Å². The molecule has 0 bridgehead atoms.